The third kappa shape index (κ3) is 5.19. The molecule has 4 amide bonds. The molecule has 40 heavy (non-hydrogen) atoms. The van der Waals surface area contributed by atoms with Gasteiger partial charge in [0.05, 0.1) is 12.8 Å². The molecule has 0 spiro atoms. The molecule has 4 aromatic carbocycles. The number of amides is 4. The van der Waals surface area contributed by atoms with Crippen LogP contribution in [0.1, 0.15) is 16.7 Å². The zero-order chi connectivity index (χ0) is 28.2. The molecule has 0 radical (unpaired) electrons. The average molecular weight is 537 g/mol. The smallest absolute Gasteiger partial charge is 0.335 e. The number of nitrogens with zero attached hydrogens (tertiary/aromatic N) is 1. The van der Waals surface area contributed by atoms with Crippen LogP contribution >= 0.6 is 0 Å². The van der Waals surface area contributed by atoms with Gasteiger partial charge in [-0.25, -0.2) is 14.1 Å². The maximum atomic E-state index is 13.4. The van der Waals surface area contributed by atoms with E-state index < -0.39 is 23.7 Å². The Hall–Kier alpha value is -5.24. The first-order valence-electron chi connectivity index (χ1n) is 12.5. The molecular formula is C32H25FN2O5. The number of hydrogen-bond donors (Lipinski definition) is 1. The van der Waals surface area contributed by atoms with Gasteiger partial charge in [-0.05, 0) is 70.8 Å². The monoisotopic (exact) mass is 536 g/mol. The van der Waals surface area contributed by atoms with Crippen LogP contribution in [0.15, 0.2) is 97.1 Å². The summed E-state index contributed by atoms with van der Waals surface area (Å²) in [5.74, 6) is -1.28. The molecule has 0 aromatic heterocycles. The van der Waals surface area contributed by atoms with Gasteiger partial charge in [0.1, 0.15) is 18.0 Å². The molecule has 1 saturated heterocycles. The third-order valence-corrected chi connectivity index (χ3v) is 6.49. The van der Waals surface area contributed by atoms with Crippen molar-refractivity contribution in [3.63, 3.8) is 0 Å². The zero-order valence-electron chi connectivity index (χ0n) is 21.6. The summed E-state index contributed by atoms with van der Waals surface area (Å²) in [6, 6.07) is 21.4. The second-order valence-electron chi connectivity index (χ2n) is 9.07. The lowest BCUT2D eigenvalue weighted by Gasteiger charge is -2.26. The van der Waals surface area contributed by atoms with Crippen LogP contribution in [0.2, 0.25) is 0 Å². The van der Waals surface area contributed by atoms with Gasteiger partial charge in [0.2, 0.25) is 0 Å². The van der Waals surface area contributed by atoms with Crippen LogP contribution < -0.4 is 19.7 Å². The number of urea groups is 1. The Morgan fingerprint density at radius 3 is 2.45 bits per heavy atom. The van der Waals surface area contributed by atoms with Gasteiger partial charge < -0.3 is 9.47 Å². The molecule has 7 nitrogen and oxygen atoms in total. The van der Waals surface area contributed by atoms with E-state index in [0.717, 1.165) is 38.9 Å². The van der Waals surface area contributed by atoms with E-state index in [-0.39, 0.29) is 17.9 Å². The van der Waals surface area contributed by atoms with Gasteiger partial charge in [0.15, 0.2) is 11.5 Å². The van der Waals surface area contributed by atoms with Gasteiger partial charge >= 0.3 is 6.03 Å². The zero-order valence-corrected chi connectivity index (χ0v) is 21.6. The minimum atomic E-state index is -0.916. The quantitative estimate of drug-likeness (QED) is 0.171. The maximum Gasteiger partial charge on any atom is 0.335 e. The Morgan fingerprint density at radius 1 is 0.950 bits per heavy atom. The van der Waals surface area contributed by atoms with E-state index in [0.29, 0.717) is 23.5 Å². The normalized spacial score (nSPS) is 14.4. The molecule has 1 N–H and O–H groups in total. The number of rotatable bonds is 8. The fourth-order valence-corrected chi connectivity index (χ4v) is 4.61. The largest absolute Gasteiger partial charge is 0.493 e. The highest BCUT2D eigenvalue weighted by Crippen LogP contribution is 2.36. The second-order valence-corrected chi connectivity index (χ2v) is 9.07. The van der Waals surface area contributed by atoms with E-state index in [1.54, 1.807) is 18.2 Å². The summed E-state index contributed by atoms with van der Waals surface area (Å²) in [7, 11) is 1.50. The van der Waals surface area contributed by atoms with Crippen LogP contribution in [0.3, 0.4) is 0 Å². The van der Waals surface area contributed by atoms with E-state index in [2.05, 4.69) is 11.9 Å². The molecular weight excluding hydrogens is 511 g/mol. The van der Waals surface area contributed by atoms with E-state index in [1.165, 1.54) is 25.3 Å². The minimum Gasteiger partial charge on any atom is -0.493 e. The summed E-state index contributed by atoms with van der Waals surface area (Å²) in [5, 5.41) is 4.35. The molecule has 0 saturated carbocycles. The van der Waals surface area contributed by atoms with Crippen LogP contribution in [-0.4, -0.2) is 25.0 Å². The molecule has 4 aromatic rings. The van der Waals surface area contributed by atoms with Crippen LogP contribution in [0.25, 0.3) is 16.8 Å². The molecule has 200 valence electrons. The van der Waals surface area contributed by atoms with Gasteiger partial charge in [-0.2, -0.15) is 0 Å². The fraction of sp³-hybridized carbons (Fsp3) is 0.0938. The van der Waals surface area contributed by atoms with Gasteiger partial charge in [-0.3, -0.25) is 14.9 Å². The first-order valence-corrected chi connectivity index (χ1v) is 12.5. The highest BCUT2D eigenvalue weighted by Gasteiger charge is 2.37. The van der Waals surface area contributed by atoms with Crippen LogP contribution in [0.5, 0.6) is 11.5 Å². The Balaban J connectivity index is 1.49. The van der Waals surface area contributed by atoms with E-state index in [1.807, 2.05) is 42.5 Å². The number of carbonyl (C=O) groups is 3. The van der Waals surface area contributed by atoms with E-state index in [4.69, 9.17) is 9.47 Å². The van der Waals surface area contributed by atoms with Crippen LogP contribution in [-0.2, 0) is 22.6 Å². The second kappa shape index (κ2) is 11.2. The summed E-state index contributed by atoms with van der Waals surface area (Å²) in [5.41, 5.74) is 2.09. The highest BCUT2D eigenvalue weighted by molar-refractivity contribution is 6.39. The van der Waals surface area contributed by atoms with Gasteiger partial charge in [-0.1, -0.05) is 48.5 Å². The number of anilines is 1. The SMILES string of the molecule is C=CCc1cc(/C=C2\C(=O)NC(=O)N(c3ccc(F)cc3)C2=O)cc(OC)c1OCc1cccc2ccccc12. The number of fused-ring (bicyclic) bond motifs is 1. The summed E-state index contributed by atoms with van der Waals surface area (Å²) in [6.07, 6.45) is 3.52. The molecule has 0 aliphatic carbocycles. The highest BCUT2D eigenvalue weighted by atomic mass is 19.1. The standard InChI is InChI=1S/C32H25FN2O5/c1-3-7-22-16-20(17-27-30(36)34-32(38)35(31(27)37)25-14-12-24(33)13-15-25)18-28(39-2)29(22)40-19-23-10-6-9-21-8-4-5-11-26(21)23/h3-6,8-18H,1,7,19H2,2H3,(H,34,36,38)/b27-17+. The lowest BCUT2D eigenvalue weighted by molar-refractivity contribution is -0.122. The van der Waals surface area contributed by atoms with Crippen molar-refractivity contribution in [2.75, 3.05) is 12.0 Å². The van der Waals surface area contributed by atoms with Crippen molar-refractivity contribution >= 4 is 40.4 Å². The van der Waals surface area contributed by atoms with E-state index in [9.17, 15) is 18.8 Å². The molecule has 0 atom stereocenters. The number of carbonyl (C=O) groups excluding carboxylic acids is 3. The number of ether oxygens (including phenoxy) is 2. The number of methoxy groups -OCH3 is 1. The summed E-state index contributed by atoms with van der Waals surface area (Å²) in [4.78, 5) is 39.2. The summed E-state index contributed by atoms with van der Waals surface area (Å²) >= 11 is 0. The molecule has 0 unspecified atom stereocenters. The predicted octanol–water partition coefficient (Wildman–Crippen LogP) is 5.96. The Bertz CT molecular complexity index is 1670. The van der Waals surface area contributed by atoms with Crippen molar-refractivity contribution in [3.8, 4) is 11.5 Å². The van der Waals surface area contributed by atoms with Crippen molar-refractivity contribution in [2.24, 2.45) is 0 Å². The molecule has 1 heterocycles. The average Bonchev–Trinajstić information content (AvgIpc) is 2.95. The van der Waals surface area contributed by atoms with Crippen molar-refractivity contribution in [2.45, 2.75) is 13.0 Å². The van der Waals surface area contributed by atoms with Crippen molar-refractivity contribution in [1.29, 1.82) is 0 Å². The summed E-state index contributed by atoms with van der Waals surface area (Å²) in [6.45, 7) is 4.13. The fourth-order valence-electron chi connectivity index (χ4n) is 4.61. The molecule has 1 aliphatic heterocycles. The lowest BCUT2D eigenvalue weighted by atomic mass is 10.0. The Morgan fingerprint density at radius 2 is 1.70 bits per heavy atom. The first-order chi connectivity index (χ1) is 19.4. The van der Waals surface area contributed by atoms with E-state index >= 15 is 0 Å². The molecule has 1 fully saturated rings. The number of hydrogen-bond acceptors (Lipinski definition) is 5. The maximum absolute atomic E-state index is 13.4. The van der Waals surface area contributed by atoms with Gasteiger partial charge in [0.25, 0.3) is 11.8 Å². The van der Waals surface area contributed by atoms with Crippen LogP contribution in [0.4, 0.5) is 14.9 Å². The molecule has 5 rings (SSSR count). The number of halogens is 1. The number of imide groups is 2. The van der Waals surface area contributed by atoms with Gasteiger partial charge in [-0.15, -0.1) is 6.58 Å². The van der Waals surface area contributed by atoms with Gasteiger partial charge in [0, 0.05) is 5.56 Å². The number of benzene rings is 4. The Labute approximate surface area is 230 Å². The topological polar surface area (TPSA) is 84.9 Å². The molecule has 8 heteroatoms. The number of allylic oxidation sites excluding steroid dienone is 1. The Kier molecular flexibility index (Phi) is 7.41. The lowest BCUT2D eigenvalue weighted by Crippen LogP contribution is -2.54. The first kappa shape index (κ1) is 26.4. The molecule has 0 bridgehead atoms. The third-order valence-electron chi connectivity index (χ3n) is 6.49. The van der Waals surface area contributed by atoms with Crippen molar-refractivity contribution in [1.82, 2.24) is 5.32 Å². The number of barbiturate groups is 1. The van der Waals surface area contributed by atoms with Crippen LogP contribution in [0, 0.1) is 5.82 Å². The van der Waals surface area contributed by atoms with Crippen molar-refractivity contribution < 1.29 is 28.2 Å². The minimum absolute atomic E-state index is 0.129. The summed E-state index contributed by atoms with van der Waals surface area (Å²) < 4.78 is 25.3. The van der Waals surface area contributed by atoms with Crippen molar-refractivity contribution in [3.05, 3.63) is 120 Å². The predicted molar refractivity (Wildman–Crippen MR) is 151 cm³/mol. The number of nitrogens with one attached hydrogen (secondary N) is 1. The molecule has 1 aliphatic rings.